The molecule has 0 aliphatic heterocycles. The Bertz CT molecular complexity index is 435. The maximum absolute atomic E-state index is 10.4. The van der Waals surface area contributed by atoms with Crippen LogP contribution < -0.4 is 10.4 Å². The third-order valence-electron chi connectivity index (χ3n) is 3.27. The second-order valence-corrected chi connectivity index (χ2v) is 7.48. The Morgan fingerprint density at radius 1 is 0.895 bits per heavy atom. The van der Waals surface area contributed by atoms with Gasteiger partial charge in [0.1, 0.15) is 0 Å². The van der Waals surface area contributed by atoms with Crippen molar-refractivity contribution in [2.24, 2.45) is 0 Å². The minimum atomic E-state index is -1.69. The lowest BCUT2D eigenvalue weighted by Crippen LogP contribution is -2.55. The van der Waals surface area contributed by atoms with Crippen molar-refractivity contribution in [3.8, 4) is 0 Å². The first-order valence-electron chi connectivity index (χ1n) is 6.88. The summed E-state index contributed by atoms with van der Waals surface area (Å²) >= 11 is 0. The Morgan fingerprint density at radius 3 is 1.79 bits per heavy atom. The lowest BCUT2D eigenvalue weighted by molar-refractivity contribution is -0.00292. The van der Waals surface area contributed by atoms with Gasteiger partial charge in [-0.15, -0.1) is 0 Å². The maximum atomic E-state index is 10.4. The molecule has 3 heteroatoms. The van der Waals surface area contributed by atoms with Crippen LogP contribution in [-0.2, 0) is 0 Å². The molecule has 0 saturated heterocycles. The highest BCUT2D eigenvalue weighted by Crippen LogP contribution is 1.99. The predicted molar refractivity (Wildman–Crippen MR) is 82.7 cm³/mol. The van der Waals surface area contributed by atoms with E-state index in [4.69, 9.17) is 0 Å². The molecule has 1 N–H and O–H groups in total. The summed E-state index contributed by atoms with van der Waals surface area (Å²) in [5.41, 5.74) is 0. The van der Waals surface area contributed by atoms with E-state index in [1.165, 1.54) is 10.4 Å². The molecule has 0 aliphatic rings. The second-order valence-electron chi connectivity index (χ2n) is 4.74. The van der Waals surface area contributed by atoms with Crippen LogP contribution in [0.15, 0.2) is 60.7 Å². The lowest BCUT2D eigenvalue weighted by Gasteiger charge is -2.25. The molecule has 0 spiro atoms. The summed E-state index contributed by atoms with van der Waals surface area (Å²) < 4.78 is 1.59. The molecule has 2 aromatic rings. The minimum absolute atomic E-state index is 0.747. The summed E-state index contributed by atoms with van der Waals surface area (Å²) in [6, 6.07) is 20.7. The molecule has 0 unspecified atom stereocenters. The van der Waals surface area contributed by atoms with E-state index in [9.17, 15) is 5.21 Å². The van der Waals surface area contributed by atoms with Crippen molar-refractivity contribution in [2.45, 2.75) is 19.8 Å². The Kier molecular flexibility index (Phi) is 5.33. The molecule has 0 fully saturated rings. The molecule has 0 aliphatic carbocycles. The zero-order chi connectivity index (χ0) is 13.5. The number of hydrogen-bond donors (Lipinski definition) is 1. The molecule has 19 heavy (non-hydrogen) atoms. The lowest BCUT2D eigenvalue weighted by atomic mass is 10.3. The molecular formula is C16H21NOSi. The van der Waals surface area contributed by atoms with Crippen molar-refractivity contribution in [2.75, 3.05) is 6.54 Å². The predicted octanol–water partition coefficient (Wildman–Crippen LogP) is 2.02. The van der Waals surface area contributed by atoms with Crippen molar-refractivity contribution in [1.82, 2.24) is 4.73 Å². The summed E-state index contributed by atoms with van der Waals surface area (Å²) in [5.74, 6) is 0. The van der Waals surface area contributed by atoms with Crippen LogP contribution in [0.25, 0.3) is 0 Å². The number of unbranched alkanes of at least 4 members (excludes halogenated alkanes) is 1. The smallest absolute Gasteiger partial charge is 0.205 e. The highest BCUT2D eigenvalue weighted by molar-refractivity contribution is 6.82. The number of benzene rings is 2. The summed E-state index contributed by atoms with van der Waals surface area (Å²) in [5, 5.41) is 13.0. The highest BCUT2D eigenvalue weighted by atomic mass is 28.3. The van der Waals surface area contributed by atoms with Gasteiger partial charge in [0.2, 0.25) is 8.96 Å². The Morgan fingerprint density at radius 2 is 1.37 bits per heavy atom. The van der Waals surface area contributed by atoms with E-state index < -0.39 is 8.96 Å². The van der Waals surface area contributed by atoms with E-state index in [-0.39, 0.29) is 0 Å². The van der Waals surface area contributed by atoms with Gasteiger partial charge in [0.15, 0.2) is 0 Å². The van der Waals surface area contributed by atoms with Gasteiger partial charge >= 0.3 is 0 Å². The number of nitrogens with zero attached hydrogens (tertiary/aromatic N) is 1. The van der Waals surface area contributed by atoms with Crippen LogP contribution in [0.3, 0.4) is 0 Å². The number of hydrogen-bond acceptors (Lipinski definition) is 2. The van der Waals surface area contributed by atoms with Gasteiger partial charge in [0.25, 0.3) is 0 Å². The van der Waals surface area contributed by atoms with Crippen LogP contribution in [0.1, 0.15) is 19.8 Å². The monoisotopic (exact) mass is 271 g/mol. The molecule has 0 aromatic heterocycles. The second kappa shape index (κ2) is 7.24. The van der Waals surface area contributed by atoms with Gasteiger partial charge < -0.3 is 5.21 Å². The van der Waals surface area contributed by atoms with Gasteiger partial charge in [-0.25, -0.2) is 4.73 Å². The number of rotatable bonds is 6. The van der Waals surface area contributed by atoms with Crippen LogP contribution in [-0.4, -0.2) is 25.4 Å². The summed E-state index contributed by atoms with van der Waals surface area (Å²) in [4.78, 5) is 0. The average Bonchev–Trinajstić information content (AvgIpc) is 2.47. The van der Waals surface area contributed by atoms with Crippen LogP contribution in [0.5, 0.6) is 0 Å². The van der Waals surface area contributed by atoms with Crippen molar-refractivity contribution >= 4 is 19.3 Å². The molecule has 0 amide bonds. The Hall–Kier alpha value is -1.42. The standard InChI is InChI=1S/C16H21NOSi/c1-2-3-14-17(18)19(15-10-6-4-7-11-15)16-12-8-5-9-13-16/h4-13,18-19H,2-3,14H2,1H3. The van der Waals surface area contributed by atoms with Gasteiger partial charge in [0, 0.05) is 6.54 Å². The average molecular weight is 271 g/mol. The third-order valence-corrected chi connectivity index (χ3v) is 6.16. The van der Waals surface area contributed by atoms with E-state index in [0.29, 0.717) is 0 Å². The summed E-state index contributed by atoms with van der Waals surface area (Å²) in [7, 11) is -1.69. The molecule has 0 saturated carbocycles. The van der Waals surface area contributed by atoms with Gasteiger partial charge in [-0.2, -0.15) is 0 Å². The number of hydroxylamine groups is 1. The molecule has 0 radical (unpaired) electrons. The zero-order valence-electron chi connectivity index (χ0n) is 11.4. The van der Waals surface area contributed by atoms with E-state index in [2.05, 4.69) is 31.2 Å². The summed E-state index contributed by atoms with van der Waals surface area (Å²) in [6.07, 6.45) is 2.13. The first kappa shape index (κ1) is 14.0. The van der Waals surface area contributed by atoms with Crippen molar-refractivity contribution < 1.29 is 5.21 Å². The molecule has 0 bridgehead atoms. The fourth-order valence-electron chi connectivity index (χ4n) is 2.26. The van der Waals surface area contributed by atoms with E-state index in [0.717, 1.165) is 19.4 Å². The van der Waals surface area contributed by atoms with Gasteiger partial charge in [-0.3, -0.25) is 0 Å². The molecule has 2 aromatic carbocycles. The molecular weight excluding hydrogens is 250 g/mol. The minimum Gasteiger partial charge on any atom is -0.321 e. The third kappa shape index (κ3) is 3.77. The fourth-order valence-corrected chi connectivity index (χ4v) is 4.94. The van der Waals surface area contributed by atoms with Crippen molar-refractivity contribution in [3.63, 3.8) is 0 Å². The van der Waals surface area contributed by atoms with E-state index in [1.807, 2.05) is 36.4 Å². The van der Waals surface area contributed by atoms with Gasteiger partial charge in [0.05, 0.1) is 0 Å². The van der Waals surface area contributed by atoms with Crippen molar-refractivity contribution in [1.29, 1.82) is 0 Å². The maximum Gasteiger partial charge on any atom is 0.205 e. The first-order valence-corrected chi connectivity index (χ1v) is 8.55. The molecule has 100 valence electrons. The highest BCUT2D eigenvalue weighted by Gasteiger charge is 2.22. The first-order chi connectivity index (χ1) is 9.33. The van der Waals surface area contributed by atoms with Crippen LogP contribution in [0.2, 0.25) is 0 Å². The molecule has 0 heterocycles. The Balaban J connectivity index is 2.29. The van der Waals surface area contributed by atoms with Gasteiger partial charge in [-0.05, 0) is 16.8 Å². The van der Waals surface area contributed by atoms with E-state index >= 15 is 0 Å². The zero-order valence-corrected chi connectivity index (χ0v) is 12.5. The largest absolute Gasteiger partial charge is 0.321 e. The van der Waals surface area contributed by atoms with E-state index in [1.54, 1.807) is 4.73 Å². The fraction of sp³-hybridized carbons (Fsp3) is 0.250. The molecule has 2 rings (SSSR count). The van der Waals surface area contributed by atoms with Crippen LogP contribution >= 0.6 is 0 Å². The van der Waals surface area contributed by atoms with Crippen LogP contribution in [0, 0.1) is 0 Å². The summed E-state index contributed by atoms with van der Waals surface area (Å²) in [6.45, 7) is 2.90. The van der Waals surface area contributed by atoms with Crippen molar-refractivity contribution in [3.05, 3.63) is 60.7 Å². The Labute approximate surface area is 117 Å². The quantitative estimate of drug-likeness (QED) is 0.642. The van der Waals surface area contributed by atoms with Gasteiger partial charge in [-0.1, -0.05) is 74.0 Å². The topological polar surface area (TPSA) is 23.5 Å². The SMILES string of the molecule is CCCCN(O)[SiH](c1ccccc1)c1ccccc1. The molecule has 2 nitrogen and oxygen atoms in total. The molecule has 0 atom stereocenters. The normalized spacial score (nSPS) is 11.2. The van der Waals surface area contributed by atoms with Crippen LogP contribution in [0.4, 0.5) is 0 Å².